The molecule has 0 radical (unpaired) electrons. The van der Waals surface area contributed by atoms with E-state index in [2.05, 4.69) is 18.7 Å². The van der Waals surface area contributed by atoms with Crippen LogP contribution in [0.4, 0.5) is 0 Å². The van der Waals surface area contributed by atoms with Crippen molar-refractivity contribution in [3.8, 4) is 0 Å². The van der Waals surface area contributed by atoms with Gasteiger partial charge < -0.3 is 9.47 Å². The minimum absolute atomic E-state index is 0.146. The standard InChI is InChI=1S/C22H31NO3/c1-12-13-4-7-22(17(12)24)15(10-13)21-6-3-5-20(2)14(21)11-16(22)26-19(21)23-8-9-25-18(20)23/h12-16,18-19H,3-11H2,1-2H3. The Morgan fingerprint density at radius 1 is 1.12 bits per heavy atom. The highest BCUT2D eigenvalue weighted by atomic mass is 16.6. The van der Waals surface area contributed by atoms with Gasteiger partial charge in [0, 0.05) is 23.3 Å². The van der Waals surface area contributed by atoms with Gasteiger partial charge in [-0.05, 0) is 56.3 Å². The summed E-state index contributed by atoms with van der Waals surface area (Å²) in [5.74, 6) is 2.72. The summed E-state index contributed by atoms with van der Waals surface area (Å²) < 4.78 is 13.2. The van der Waals surface area contributed by atoms with Gasteiger partial charge >= 0.3 is 0 Å². The van der Waals surface area contributed by atoms with E-state index in [4.69, 9.17) is 9.47 Å². The van der Waals surface area contributed by atoms with Crippen molar-refractivity contribution in [2.24, 2.45) is 39.9 Å². The second kappa shape index (κ2) is 4.41. The molecule has 2 spiro atoms. The Morgan fingerprint density at radius 2 is 2.00 bits per heavy atom. The van der Waals surface area contributed by atoms with Crippen molar-refractivity contribution in [2.45, 2.75) is 77.4 Å². The summed E-state index contributed by atoms with van der Waals surface area (Å²) in [6.07, 6.45) is 9.22. The number of ketones is 1. The van der Waals surface area contributed by atoms with Gasteiger partial charge in [-0.2, -0.15) is 0 Å². The molecule has 4 heteroatoms. The molecule has 0 aromatic rings. The molecular formula is C22H31NO3. The Kier molecular flexibility index (Phi) is 2.63. The van der Waals surface area contributed by atoms with Crippen LogP contribution in [0.25, 0.3) is 0 Å². The zero-order valence-electron chi connectivity index (χ0n) is 16.1. The highest BCUT2D eigenvalue weighted by Gasteiger charge is 2.81. The van der Waals surface area contributed by atoms with Crippen LogP contribution in [0.1, 0.15) is 58.8 Å². The van der Waals surface area contributed by atoms with Crippen LogP contribution in [0.5, 0.6) is 0 Å². The SMILES string of the molecule is CC1C(=O)C23CCC1CC2C12CCCC4(C)C5OCCN5C1OC3CC42. The van der Waals surface area contributed by atoms with Gasteiger partial charge in [0.1, 0.15) is 18.2 Å². The average molecular weight is 357 g/mol. The zero-order valence-corrected chi connectivity index (χ0v) is 16.1. The topological polar surface area (TPSA) is 38.8 Å². The summed E-state index contributed by atoms with van der Waals surface area (Å²) >= 11 is 0. The molecule has 0 amide bonds. The van der Waals surface area contributed by atoms with E-state index < -0.39 is 0 Å². The van der Waals surface area contributed by atoms with Crippen molar-refractivity contribution >= 4 is 5.78 Å². The van der Waals surface area contributed by atoms with Gasteiger partial charge in [-0.15, -0.1) is 0 Å². The van der Waals surface area contributed by atoms with E-state index in [1.165, 1.54) is 32.1 Å². The fourth-order valence-corrected chi connectivity index (χ4v) is 9.83. The van der Waals surface area contributed by atoms with Gasteiger partial charge in [0.05, 0.1) is 18.1 Å². The molecule has 10 atom stereocenters. The van der Waals surface area contributed by atoms with E-state index in [9.17, 15) is 4.79 Å². The van der Waals surface area contributed by atoms with E-state index in [0.717, 1.165) is 26.0 Å². The van der Waals surface area contributed by atoms with Crippen LogP contribution in [0.3, 0.4) is 0 Å². The Balaban J connectivity index is 1.45. The van der Waals surface area contributed by atoms with Crippen LogP contribution >= 0.6 is 0 Å². The van der Waals surface area contributed by atoms with Gasteiger partial charge in [0.25, 0.3) is 0 Å². The highest BCUT2D eigenvalue weighted by Crippen LogP contribution is 2.78. The van der Waals surface area contributed by atoms with Crippen LogP contribution in [-0.2, 0) is 14.3 Å². The number of rotatable bonds is 0. The van der Waals surface area contributed by atoms with Crippen LogP contribution in [0.15, 0.2) is 0 Å². The van der Waals surface area contributed by atoms with Gasteiger partial charge in [-0.3, -0.25) is 4.79 Å². The van der Waals surface area contributed by atoms with E-state index in [0.29, 0.717) is 23.5 Å². The lowest BCUT2D eigenvalue weighted by atomic mass is 9.32. The highest BCUT2D eigenvalue weighted by molar-refractivity contribution is 5.90. The largest absolute Gasteiger partial charge is 0.361 e. The molecule has 142 valence electrons. The van der Waals surface area contributed by atoms with Crippen molar-refractivity contribution in [1.29, 1.82) is 0 Å². The third-order valence-corrected chi connectivity index (χ3v) is 10.7. The van der Waals surface area contributed by atoms with Crippen LogP contribution in [0.2, 0.25) is 0 Å². The third kappa shape index (κ3) is 1.31. The number of carbonyl (C=O) groups excluding carboxylic acids is 1. The molecule has 0 aromatic heterocycles. The van der Waals surface area contributed by atoms with Gasteiger partial charge in [0.2, 0.25) is 0 Å². The normalized spacial score (nSPS) is 65.2. The monoisotopic (exact) mass is 357 g/mol. The summed E-state index contributed by atoms with van der Waals surface area (Å²) in [6.45, 7) is 6.58. The first kappa shape index (κ1) is 15.5. The molecule has 0 N–H and O–H groups in total. The molecule has 5 saturated carbocycles. The molecular weight excluding hydrogens is 326 g/mol. The maximum atomic E-state index is 13.6. The number of ether oxygens (including phenoxy) is 2. The molecule has 4 nitrogen and oxygen atoms in total. The molecule has 4 aliphatic heterocycles. The van der Waals surface area contributed by atoms with Crippen molar-refractivity contribution in [3.05, 3.63) is 0 Å². The summed E-state index contributed by atoms with van der Waals surface area (Å²) in [5, 5.41) is 0. The number of nitrogens with zero attached hydrogens (tertiary/aromatic N) is 1. The Bertz CT molecular complexity index is 710. The summed E-state index contributed by atoms with van der Waals surface area (Å²) in [7, 11) is 0. The number of hydrogen-bond donors (Lipinski definition) is 0. The Morgan fingerprint density at radius 3 is 2.88 bits per heavy atom. The maximum absolute atomic E-state index is 13.6. The maximum Gasteiger partial charge on any atom is 0.145 e. The predicted octanol–water partition coefficient (Wildman–Crippen LogP) is 3.20. The van der Waals surface area contributed by atoms with Crippen molar-refractivity contribution in [2.75, 3.05) is 13.2 Å². The van der Waals surface area contributed by atoms with Crippen molar-refractivity contribution in [1.82, 2.24) is 4.90 Å². The second-order valence-electron chi connectivity index (χ2n) is 11.0. The molecule has 5 aliphatic carbocycles. The summed E-state index contributed by atoms with van der Waals surface area (Å²) in [6, 6.07) is 0. The van der Waals surface area contributed by atoms with Crippen LogP contribution in [-0.4, -0.2) is 42.4 Å². The van der Waals surface area contributed by atoms with E-state index in [1.807, 2.05) is 0 Å². The van der Waals surface area contributed by atoms with Gasteiger partial charge in [-0.25, -0.2) is 4.90 Å². The molecule has 9 fully saturated rings. The molecule has 4 heterocycles. The van der Waals surface area contributed by atoms with Crippen molar-refractivity contribution < 1.29 is 14.3 Å². The molecule has 9 aliphatic rings. The predicted molar refractivity (Wildman–Crippen MR) is 95.0 cm³/mol. The van der Waals surface area contributed by atoms with Crippen molar-refractivity contribution in [3.63, 3.8) is 0 Å². The van der Waals surface area contributed by atoms with E-state index >= 15 is 0 Å². The lowest BCUT2D eigenvalue weighted by Gasteiger charge is -2.79. The number of Topliss-reactive ketones (excluding diaryl/α,β-unsaturated/α-hetero) is 1. The molecule has 4 saturated heterocycles. The Labute approximate surface area is 156 Å². The van der Waals surface area contributed by atoms with Crippen LogP contribution in [0, 0.1) is 39.9 Å². The van der Waals surface area contributed by atoms with E-state index in [-0.39, 0.29) is 40.7 Å². The third-order valence-electron chi connectivity index (χ3n) is 10.7. The smallest absolute Gasteiger partial charge is 0.145 e. The lowest BCUT2D eigenvalue weighted by Crippen LogP contribution is -2.83. The summed E-state index contributed by atoms with van der Waals surface area (Å²) in [5.41, 5.74) is 0.313. The van der Waals surface area contributed by atoms with Gasteiger partial charge in [0.15, 0.2) is 0 Å². The Hall–Kier alpha value is -0.450. The van der Waals surface area contributed by atoms with Gasteiger partial charge in [-0.1, -0.05) is 20.3 Å². The minimum Gasteiger partial charge on any atom is -0.361 e. The molecule has 10 unspecified atom stereocenters. The minimum atomic E-state index is -0.146. The number of piperidine rings is 1. The lowest BCUT2D eigenvalue weighted by molar-refractivity contribution is -0.407. The molecule has 0 aromatic carbocycles. The first-order chi connectivity index (χ1) is 12.5. The van der Waals surface area contributed by atoms with E-state index in [1.54, 1.807) is 0 Å². The fraction of sp³-hybridized carbons (Fsp3) is 0.955. The second-order valence-corrected chi connectivity index (χ2v) is 11.0. The fourth-order valence-electron chi connectivity index (χ4n) is 9.83. The zero-order chi connectivity index (χ0) is 17.5. The number of fused-ring (bicyclic) bond motifs is 4. The average Bonchev–Trinajstić information content (AvgIpc) is 3.14. The van der Waals surface area contributed by atoms with Crippen LogP contribution < -0.4 is 0 Å². The molecule has 7 bridgehead atoms. The molecule has 9 rings (SSSR count). The first-order valence-corrected chi connectivity index (χ1v) is 11.1. The summed E-state index contributed by atoms with van der Waals surface area (Å²) in [4.78, 5) is 16.2. The quantitative estimate of drug-likeness (QED) is 0.667. The number of hydrogen-bond acceptors (Lipinski definition) is 4. The molecule has 26 heavy (non-hydrogen) atoms. The number of carbonyl (C=O) groups is 1. The first-order valence-electron chi connectivity index (χ1n) is 11.1.